The Morgan fingerprint density at radius 3 is 2.83 bits per heavy atom. The number of para-hydroxylation sites is 2. The van der Waals surface area contributed by atoms with Crippen LogP contribution in [0.25, 0.3) is 6.08 Å². The summed E-state index contributed by atoms with van der Waals surface area (Å²) >= 11 is 0. The Hall–Kier alpha value is -2.69. The monoisotopic (exact) mass is 309 g/mol. The zero-order valence-electron chi connectivity index (χ0n) is 12.8. The highest BCUT2D eigenvalue weighted by atomic mass is 16.5. The van der Waals surface area contributed by atoms with Crippen LogP contribution in [-0.4, -0.2) is 22.0 Å². The molecule has 118 valence electrons. The van der Waals surface area contributed by atoms with Crippen molar-refractivity contribution in [1.82, 2.24) is 9.97 Å². The first-order valence-corrected chi connectivity index (χ1v) is 7.82. The average Bonchev–Trinajstić information content (AvgIpc) is 3.09. The number of amides is 1. The zero-order chi connectivity index (χ0) is 15.9. The molecule has 2 aromatic rings. The average molecular weight is 309 g/mol. The fraction of sp³-hybridized carbons (Fsp3) is 0.278. The van der Waals surface area contributed by atoms with Crippen LogP contribution in [0.1, 0.15) is 31.4 Å². The van der Waals surface area contributed by atoms with Crippen molar-refractivity contribution >= 4 is 17.7 Å². The molecule has 23 heavy (non-hydrogen) atoms. The molecule has 3 rings (SSSR count). The fourth-order valence-corrected chi connectivity index (χ4v) is 2.59. The highest BCUT2D eigenvalue weighted by Gasteiger charge is 2.18. The predicted molar refractivity (Wildman–Crippen MR) is 89.0 cm³/mol. The van der Waals surface area contributed by atoms with Crippen molar-refractivity contribution in [2.75, 3.05) is 5.32 Å². The largest absolute Gasteiger partial charge is 0.488 e. The quantitative estimate of drug-likeness (QED) is 0.859. The zero-order valence-corrected chi connectivity index (χ0v) is 12.8. The van der Waals surface area contributed by atoms with Crippen molar-refractivity contribution in [1.29, 1.82) is 0 Å². The second-order valence-electron chi connectivity index (χ2n) is 5.47. The van der Waals surface area contributed by atoms with E-state index in [-0.39, 0.29) is 12.0 Å². The lowest BCUT2D eigenvalue weighted by Gasteiger charge is -2.16. The minimum Gasteiger partial charge on any atom is -0.488 e. The highest BCUT2D eigenvalue weighted by Crippen LogP contribution is 2.29. The van der Waals surface area contributed by atoms with E-state index in [0.717, 1.165) is 18.6 Å². The van der Waals surface area contributed by atoms with Gasteiger partial charge in [0.15, 0.2) is 0 Å². The van der Waals surface area contributed by atoms with Gasteiger partial charge in [-0.15, -0.1) is 0 Å². The predicted octanol–water partition coefficient (Wildman–Crippen LogP) is 3.45. The Bertz CT molecular complexity index is 680. The molecule has 0 bridgehead atoms. The molecule has 1 amide bonds. The van der Waals surface area contributed by atoms with E-state index in [1.54, 1.807) is 24.7 Å². The topological polar surface area (TPSA) is 64.1 Å². The van der Waals surface area contributed by atoms with Crippen LogP contribution in [-0.2, 0) is 4.79 Å². The van der Waals surface area contributed by atoms with E-state index in [9.17, 15) is 4.79 Å². The standard InChI is InChI=1S/C18H19N3O2/c22-18(10-9-14-13-19-11-12-20-14)21-16-7-3-4-8-17(16)23-15-5-1-2-6-15/h3-4,7-13,15H,1-2,5-6H2,(H,21,22)/b10-9+. The molecule has 0 radical (unpaired) electrons. The molecular formula is C18H19N3O2. The SMILES string of the molecule is O=C(/C=C/c1cnccn1)Nc1ccccc1OC1CCCC1. The third-order valence-electron chi connectivity index (χ3n) is 3.73. The number of anilines is 1. The number of aromatic nitrogens is 2. The second-order valence-corrected chi connectivity index (χ2v) is 5.47. The lowest BCUT2D eigenvalue weighted by Crippen LogP contribution is -2.14. The number of hydrogen-bond acceptors (Lipinski definition) is 4. The molecule has 1 N–H and O–H groups in total. The number of rotatable bonds is 5. The molecule has 0 saturated heterocycles. The summed E-state index contributed by atoms with van der Waals surface area (Å²) < 4.78 is 6.01. The summed E-state index contributed by atoms with van der Waals surface area (Å²) in [6, 6.07) is 7.53. The Kier molecular flexibility index (Phi) is 4.99. The van der Waals surface area contributed by atoms with Crippen LogP contribution in [0.2, 0.25) is 0 Å². The van der Waals surface area contributed by atoms with E-state index in [4.69, 9.17) is 4.74 Å². The Morgan fingerprint density at radius 2 is 2.04 bits per heavy atom. The maximum Gasteiger partial charge on any atom is 0.248 e. The van der Waals surface area contributed by atoms with Crippen LogP contribution >= 0.6 is 0 Å². The van der Waals surface area contributed by atoms with Gasteiger partial charge in [-0.05, 0) is 43.9 Å². The number of nitrogens with zero attached hydrogens (tertiary/aromatic N) is 2. The summed E-state index contributed by atoms with van der Waals surface area (Å²) in [5.74, 6) is 0.499. The van der Waals surface area contributed by atoms with Gasteiger partial charge in [0.05, 0.1) is 23.7 Å². The number of nitrogens with one attached hydrogen (secondary N) is 1. The molecule has 1 aromatic carbocycles. The summed E-state index contributed by atoms with van der Waals surface area (Å²) in [6.45, 7) is 0. The summed E-state index contributed by atoms with van der Waals surface area (Å²) in [5, 5.41) is 2.86. The van der Waals surface area contributed by atoms with E-state index in [0.29, 0.717) is 11.4 Å². The van der Waals surface area contributed by atoms with Crippen molar-refractivity contribution < 1.29 is 9.53 Å². The van der Waals surface area contributed by atoms with Gasteiger partial charge in [-0.3, -0.25) is 14.8 Å². The molecule has 1 aliphatic carbocycles. The lowest BCUT2D eigenvalue weighted by atomic mass is 10.2. The van der Waals surface area contributed by atoms with Gasteiger partial charge in [-0.1, -0.05) is 12.1 Å². The molecule has 0 aliphatic heterocycles. The van der Waals surface area contributed by atoms with E-state index >= 15 is 0 Å². The Balaban J connectivity index is 1.65. The molecule has 0 spiro atoms. The maximum absolute atomic E-state index is 12.1. The van der Waals surface area contributed by atoms with Gasteiger partial charge < -0.3 is 10.1 Å². The van der Waals surface area contributed by atoms with Crippen molar-refractivity contribution in [2.45, 2.75) is 31.8 Å². The first kappa shape index (κ1) is 15.2. The van der Waals surface area contributed by atoms with Gasteiger partial charge in [-0.25, -0.2) is 0 Å². The Labute approximate surface area is 135 Å². The molecular weight excluding hydrogens is 290 g/mol. The number of carbonyl (C=O) groups is 1. The molecule has 5 nitrogen and oxygen atoms in total. The fourth-order valence-electron chi connectivity index (χ4n) is 2.59. The number of benzene rings is 1. The van der Waals surface area contributed by atoms with Crippen LogP contribution < -0.4 is 10.1 Å². The molecule has 1 saturated carbocycles. The minimum absolute atomic E-state index is 0.224. The number of hydrogen-bond donors (Lipinski definition) is 1. The van der Waals surface area contributed by atoms with Gasteiger partial charge in [-0.2, -0.15) is 0 Å². The molecule has 5 heteroatoms. The van der Waals surface area contributed by atoms with Crippen molar-refractivity contribution in [3.8, 4) is 5.75 Å². The molecule has 0 atom stereocenters. The number of ether oxygens (including phenoxy) is 1. The van der Waals surface area contributed by atoms with Gasteiger partial charge >= 0.3 is 0 Å². The van der Waals surface area contributed by atoms with Gasteiger partial charge in [0.2, 0.25) is 5.91 Å². The van der Waals surface area contributed by atoms with E-state index in [1.165, 1.54) is 18.9 Å². The van der Waals surface area contributed by atoms with E-state index in [2.05, 4.69) is 15.3 Å². The first-order chi connectivity index (χ1) is 11.3. The van der Waals surface area contributed by atoms with Crippen LogP contribution in [0.3, 0.4) is 0 Å². The number of carbonyl (C=O) groups excluding carboxylic acids is 1. The van der Waals surface area contributed by atoms with Crippen LogP contribution in [0.15, 0.2) is 48.9 Å². The summed E-state index contributed by atoms with van der Waals surface area (Å²) in [4.78, 5) is 20.1. The minimum atomic E-state index is -0.224. The molecule has 1 aromatic heterocycles. The van der Waals surface area contributed by atoms with Gasteiger partial charge in [0.1, 0.15) is 5.75 Å². The highest BCUT2D eigenvalue weighted by molar-refractivity contribution is 6.02. The molecule has 0 unspecified atom stereocenters. The van der Waals surface area contributed by atoms with Crippen LogP contribution in [0.4, 0.5) is 5.69 Å². The maximum atomic E-state index is 12.1. The van der Waals surface area contributed by atoms with Crippen molar-refractivity contribution in [3.05, 3.63) is 54.6 Å². The Morgan fingerprint density at radius 1 is 1.22 bits per heavy atom. The van der Waals surface area contributed by atoms with Gasteiger partial charge in [0, 0.05) is 18.5 Å². The lowest BCUT2D eigenvalue weighted by molar-refractivity contribution is -0.111. The summed E-state index contributed by atoms with van der Waals surface area (Å²) in [7, 11) is 0. The van der Waals surface area contributed by atoms with E-state index < -0.39 is 0 Å². The van der Waals surface area contributed by atoms with Crippen LogP contribution in [0, 0.1) is 0 Å². The third-order valence-corrected chi connectivity index (χ3v) is 3.73. The van der Waals surface area contributed by atoms with E-state index in [1.807, 2.05) is 24.3 Å². The molecule has 1 heterocycles. The second kappa shape index (κ2) is 7.54. The van der Waals surface area contributed by atoms with Crippen LogP contribution in [0.5, 0.6) is 5.75 Å². The van der Waals surface area contributed by atoms with Crippen molar-refractivity contribution in [2.24, 2.45) is 0 Å². The summed E-state index contributed by atoms with van der Waals surface area (Å²) in [5.41, 5.74) is 1.33. The first-order valence-electron chi connectivity index (χ1n) is 7.82. The molecule has 1 aliphatic rings. The smallest absolute Gasteiger partial charge is 0.248 e. The summed E-state index contributed by atoms with van der Waals surface area (Å²) in [6.07, 6.45) is 12.7. The third kappa shape index (κ3) is 4.39. The molecule has 1 fully saturated rings. The van der Waals surface area contributed by atoms with Gasteiger partial charge in [0.25, 0.3) is 0 Å². The van der Waals surface area contributed by atoms with Crippen molar-refractivity contribution in [3.63, 3.8) is 0 Å². The normalized spacial score (nSPS) is 15.0.